The van der Waals surface area contributed by atoms with Gasteiger partial charge in [0.2, 0.25) is 6.29 Å². The Morgan fingerprint density at radius 2 is 2.20 bits per heavy atom. The molecule has 1 aliphatic rings. The van der Waals surface area contributed by atoms with Crippen molar-refractivity contribution in [2.45, 2.75) is 43.1 Å². The maximum Gasteiger partial charge on any atom is 0.290 e. The zero-order valence-corrected chi connectivity index (χ0v) is 9.33. The van der Waals surface area contributed by atoms with E-state index in [-0.39, 0.29) is 5.89 Å². The molecular weight excluding hydrogens is 212 g/mol. The summed E-state index contributed by atoms with van der Waals surface area (Å²) in [5.74, 6) is 1.46. The van der Waals surface area contributed by atoms with E-state index in [1.165, 1.54) is 32.1 Å². The summed E-state index contributed by atoms with van der Waals surface area (Å²) >= 11 is 1.87. The fourth-order valence-electron chi connectivity index (χ4n) is 1.80. The molecule has 0 saturated heterocycles. The van der Waals surface area contributed by atoms with Gasteiger partial charge in [0.05, 0.1) is 5.75 Å². The molecule has 4 nitrogen and oxygen atoms in total. The van der Waals surface area contributed by atoms with Gasteiger partial charge in [-0.3, -0.25) is 4.79 Å². The van der Waals surface area contributed by atoms with Crippen LogP contribution in [0.25, 0.3) is 0 Å². The number of carbonyl (C=O) groups is 1. The molecule has 0 atom stereocenters. The first-order valence-electron chi connectivity index (χ1n) is 5.28. The number of aldehydes is 1. The first-order chi connectivity index (χ1) is 7.38. The maximum atomic E-state index is 10.3. The normalized spacial score (nSPS) is 17.9. The monoisotopic (exact) mass is 226 g/mol. The highest BCUT2D eigenvalue weighted by atomic mass is 32.2. The first-order valence-corrected chi connectivity index (χ1v) is 6.33. The predicted octanol–water partition coefficient (Wildman–Crippen LogP) is 2.45. The number of rotatable bonds is 4. The van der Waals surface area contributed by atoms with Crippen molar-refractivity contribution in [3.63, 3.8) is 0 Å². The summed E-state index contributed by atoms with van der Waals surface area (Å²) in [4.78, 5) is 14.3. The fourth-order valence-corrected chi connectivity index (χ4v) is 2.97. The molecule has 1 saturated carbocycles. The van der Waals surface area contributed by atoms with Gasteiger partial charge < -0.3 is 4.52 Å². The van der Waals surface area contributed by atoms with Gasteiger partial charge in [0, 0.05) is 5.25 Å². The van der Waals surface area contributed by atoms with Crippen LogP contribution >= 0.6 is 11.8 Å². The highest BCUT2D eigenvalue weighted by Gasteiger charge is 2.15. The SMILES string of the molecule is O=Cc1nc(CSC2CCCCC2)no1. The van der Waals surface area contributed by atoms with Gasteiger partial charge in [0.1, 0.15) is 0 Å². The minimum Gasteiger partial charge on any atom is -0.331 e. The van der Waals surface area contributed by atoms with Crippen molar-refractivity contribution in [2.75, 3.05) is 0 Å². The average Bonchev–Trinajstić information content (AvgIpc) is 2.76. The third-order valence-corrected chi connectivity index (χ3v) is 3.95. The van der Waals surface area contributed by atoms with Crippen LogP contribution in [-0.2, 0) is 5.75 Å². The third-order valence-electron chi connectivity index (χ3n) is 2.58. The van der Waals surface area contributed by atoms with Gasteiger partial charge in [-0.2, -0.15) is 16.7 Å². The van der Waals surface area contributed by atoms with Crippen molar-refractivity contribution in [3.05, 3.63) is 11.7 Å². The van der Waals surface area contributed by atoms with E-state index in [9.17, 15) is 4.79 Å². The van der Waals surface area contributed by atoms with E-state index >= 15 is 0 Å². The number of nitrogens with zero attached hydrogens (tertiary/aromatic N) is 2. The molecule has 2 rings (SSSR count). The molecule has 0 spiro atoms. The Hall–Kier alpha value is -0.840. The van der Waals surface area contributed by atoms with E-state index in [4.69, 9.17) is 4.52 Å². The fraction of sp³-hybridized carbons (Fsp3) is 0.700. The number of hydrogen-bond acceptors (Lipinski definition) is 5. The van der Waals surface area contributed by atoms with E-state index in [1.54, 1.807) is 0 Å². The summed E-state index contributed by atoms with van der Waals surface area (Å²) in [6.07, 6.45) is 7.22. The molecule has 1 fully saturated rings. The molecule has 1 heterocycles. The number of carbonyl (C=O) groups excluding carboxylic acids is 1. The Kier molecular flexibility index (Phi) is 3.77. The number of thioether (sulfide) groups is 1. The highest BCUT2D eigenvalue weighted by molar-refractivity contribution is 7.99. The van der Waals surface area contributed by atoms with E-state index in [0.29, 0.717) is 12.1 Å². The van der Waals surface area contributed by atoms with Gasteiger partial charge in [-0.05, 0) is 12.8 Å². The van der Waals surface area contributed by atoms with Gasteiger partial charge in [-0.15, -0.1) is 0 Å². The molecule has 0 unspecified atom stereocenters. The molecule has 0 N–H and O–H groups in total. The summed E-state index contributed by atoms with van der Waals surface area (Å²) in [6.45, 7) is 0. The van der Waals surface area contributed by atoms with Crippen LogP contribution in [0.4, 0.5) is 0 Å². The highest BCUT2D eigenvalue weighted by Crippen LogP contribution is 2.29. The van der Waals surface area contributed by atoms with Crippen molar-refractivity contribution < 1.29 is 9.32 Å². The van der Waals surface area contributed by atoms with Gasteiger partial charge in [-0.1, -0.05) is 24.4 Å². The Morgan fingerprint density at radius 3 is 2.87 bits per heavy atom. The third kappa shape index (κ3) is 3.06. The molecule has 1 aromatic rings. The maximum absolute atomic E-state index is 10.3. The van der Waals surface area contributed by atoms with Crippen LogP contribution < -0.4 is 0 Å². The van der Waals surface area contributed by atoms with Crippen LogP contribution in [0.15, 0.2) is 4.52 Å². The molecule has 1 aliphatic carbocycles. The van der Waals surface area contributed by atoms with Gasteiger partial charge in [0.15, 0.2) is 5.82 Å². The van der Waals surface area contributed by atoms with E-state index in [0.717, 1.165) is 11.0 Å². The smallest absolute Gasteiger partial charge is 0.290 e. The molecular formula is C10H14N2O2S. The lowest BCUT2D eigenvalue weighted by Gasteiger charge is -2.19. The van der Waals surface area contributed by atoms with Crippen LogP contribution in [0.5, 0.6) is 0 Å². The van der Waals surface area contributed by atoms with Gasteiger partial charge in [0.25, 0.3) is 5.89 Å². The standard InChI is InChI=1S/C10H14N2O2S/c13-6-10-11-9(12-14-10)7-15-8-4-2-1-3-5-8/h6,8H,1-5,7H2. The summed E-state index contributed by atoms with van der Waals surface area (Å²) in [5.41, 5.74) is 0. The summed E-state index contributed by atoms with van der Waals surface area (Å²) in [7, 11) is 0. The molecule has 0 aromatic carbocycles. The molecule has 0 amide bonds. The van der Waals surface area contributed by atoms with Crippen LogP contribution in [0, 0.1) is 0 Å². The quantitative estimate of drug-likeness (QED) is 0.738. The molecule has 15 heavy (non-hydrogen) atoms. The van der Waals surface area contributed by atoms with Gasteiger partial charge >= 0.3 is 0 Å². The van der Waals surface area contributed by atoms with E-state index < -0.39 is 0 Å². The number of aromatic nitrogens is 2. The number of hydrogen-bond donors (Lipinski definition) is 0. The zero-order chi connectivity index (χ0) is 10.5. The van der Waals surface area contributed by atoms with Crippen molar-refractivity contribution in [1.29, 1.82) is 0 Å². The Balaban J connectivity index is 1.79. The molecule has 1 aromatic heterocycles. The van der Waals surface area contributed by atoms with Crippen LogP contribution in [0.3, 0.4) is 0 Å². The average molecular weight is 226 g/mol. The Morgan fingerprint density at radius 1 is 1.40 bits per heavy atom. The van der Waals surface area contributed by atoms with Crippen molar-refractivity contribution in [3.8, 4) is 0 Å². The summed E-state index contributed by atoms with van der Waals surface area (Å²) in [5, 5.41) is 4.47. The van der Waals surface area contributed by atoms with Crippen LogP contribution in [-0.4, -0.2) is 21.7 Å². The van der Waals surface area contributed by atoms with E-state index in [2.05, 4.69) is 10.1 Å². The molecule has 5 heteroatoms. The van der Waals surface area contributed by atoms with Crippen LogP contribution in [0.2, 0.25) is 0 Å². The topological polar surface area (TPSA) is 56.0 Å². The van der Waals surface area contributed by atoms with Crippen molar-refractivity contribution in [1.82, 2.24) is 10.1 Å². The Labute approximate surface area is 92.8 Å². The lowest BCUT2D eigenvalue weighted by Crippen LogP contribution is -2.08. The second-order valence-corrected chi connectivity index (χ2v) is 5.03. The second-order valence-electron chi connectivity index (χ2n) is 3.74. The first kappa shape index (κ1) is 10.7. The Bertz CT molecular complexity index is 321. The van der Waals surface area contributed by atoms with Crippen LogP contribution in [0.1, 0.15) is 48.6 Å². The van der Waals surface area contributed by atoms with Crippen molar-refractivity contribution >= 4 is 18.0 Å². The molecule has 0 radical (unpaired) electrons. The lowest BCUT2D eigenvalue weighted by atomic mass is 10.0. The minimum absolute atomic E-state index is 0.0780. The van der Waals surface area contributed by atoms with Gasteiger partial charge in [-0.25, -0.2) is 0 Å². The molecule has 82 valence electrons. The zero-order valence-electron chi connectivity index (χ0n) is 8.52. The lowest BCUT2D eigenvalue weighted by molar-refractivity contribution is 0.108. The summed E-state index contributed by atoms with van der Waals surface area (Å²) in [6, 6.07) is 0. The van der Waals surface area contributed by atoms with E-state index in [1.807, 2.05) is 11.8 Å². The molecule has 0 aliphatic heterocycles. The molecule has 0 bridgehead atoms. The second kappa shape index (κ2) is 5.30. The minimum atomic E-state index is 0.0780. The predicted molar refractivity (Wildman–Crippen MR) is 57.9 cm³/mol. The van der Waals surface area contributed by atoms with Crippen molar-refractivity contribution in [2.24, 2.45) is 0 Å². The summed E-state index contributed by atoms with van der Waals surface area (Å²) < 4.78 is 4.71. The largest absolute Gasteiger partial charge is 0.331 e.